The van der Waals surface area contributed by atoms with E-state index in [1.807, 2.05) is 0 Å². The Morgan fingerprint density at radius 3 is 2.94 bits per heavy atom. The van der Waals surface area contributed by atoms with E-state index in [0.717, 1.165) is 4.47 Å². The van der Waals surface area contributed by atoms with Gasteiger partial charge in [-0.2, -0.15) is 0 Å². The van der Waals surface area contributed by atoms with Gasteiger partial charge in [-0.15, -0.1) is 0 Å². The van der Waals surface area contributed by atoms with Gasteiger partial charge in [-0.1, -0.05) is 15.9 Å². The summed E-state index contributed by atoms with van der Waals surface area (Å²) < 4.78 is 13.7. The molecule has 3 N–H and O–H groups in total. The van der Waals surface area contributed by atoms with Crippen LogP contribution in [-0.4, -0.2) is 23.8 Å². The second-order valence-electron chi connectivity index (χ2n) is 3.65. The summed E-state index contributed by atoms with van der Waals surface area (Å²) in [5, 5.41) is 13.8. The topological polar surface area (TPSA) is 61.4 Å². The van der Waals surface area contributed by atoms with Crippen LogP contribution in [-0.2, 0) is 6.54 Å². The maximum absolute atomic E-state index is 13.0. The fourth-order valence-electron chi connectivity index (χ4n) is 1.17. The van der Waals surface area contributed by atoms with Crippen LogP contribution in [0.2, 0.25) is 0 Å². The highest BCUT2D eigenvalue weighted by atomic mass is 79.9. The van der Waals surface area contributed by atoms with E-state index in [4.69, 9.17) is 5.11 Å². The average Bonchev–Trinajstić information content (AvgIpc) is 2.30. The fourth-order valence-corrected chi connectivity index (χ4v) is 1.56. The van der Waals surface area contributed by atoms with Gasteiger partial charge in [0, 0.05) is 11.0 Å². The Morgan fingerprint density at radius 2 is 2.29 bits per heavy atom. The monoisotopic (exact) mass is 304 g/mol. The van der Waals surface area contributed by atoms with E-state index >= 15 is 0 Å². The van der Waals surface area contributed by atoms with Gasteiger partial charge in [0.2, 0.25) is 0 Å². The lowest BCUT2D eigenvalue weighted by Gasteiger charge is -2.12. The van der Waals surface area contributed by atoms with Gasteiger partial charge in [0.05, 0.1) is 12.6 Å². The van der Waals surface area contributed by atoms with Gasteiger partial charge in [0.1, 0.15) is 5.82 Å². The molecule has 1 atom stereocenters. The van der Waals surface area contributed by atoms with Gasteiger partial charge in [0.15, 0.2) is 0 Å². The number of aliphatic hydroxyl groups excluding tert-OH is 1. The van der Waals surface area contributed by atoms with Gasteiger partial charge in [-0.05, 0) is 30.7 Å². The predicted molar refractivity (Wildman–Crippen MR) is 66.0 cm³/mol. The van der Waals surface area contributed by atoms with E-state index in [1.165, 1.54) is 12.1 Å². The number of hydrogen-bond donors (Lipinski definition) is 3. The molecule has 1 aromatic rings. The lowest BCUT2D eigenvalue weighted by atomic mass is 10.2. The van der Waals surface area contributed by atoms with Crippen molar-refractivity contribution in [2.24, 2.45) is 0 Å². The van der Waals surface area contributed by atoms with Crippen molar-refractivity contribution in [2.75, 3.05) is 6.61 Å². The quantitative estimate of drug-likeness (QED) is 0.794. The number of nitrogens with one attached hydrogen (secondary N) is 2. The van der Waals surface area contributed by atoms with Gasteiger partial charge >= 0.3 is 6.03 Å². The number of halogens is 2. The number of rotatable bonds is 4. The third-order valence-corrected chi connectivity index (χ3v) is 2.87. The van der Waals surface area contributed by atoms with Crippen molar-refractivity contribution in [3.8, 4) is 0 Å². The zero-order chi connectivity index (χ0) is 12.8. The lowest BCUT2D eigenvalue weighted by Crippen LogP contribution is -2.42. The maximum atomic E-state index is 13.0. The Balaban J connectivity index is 2.50. The van der Waals surface area contributed by atoms with Crippen LogP contribution in [0.15, 0.2) is 22.7 Å². The number of urea groups is 1. The minimum absolute atomic E-state index is 0.128. The van der Waals surface area contributed by atoms with Crippen molar-refractivity contribution in [1.82, 2.24) is 10.6 Å². The van der Waals surface area contributed by atoms with E-state index in [-0.39, 0.29) is 25.0 Å². The number of carbonyl (C=O) groups excluding carboxylic acids is 1. The normalized spacial score (nSPS) is 12.0. The molecule has 6 heteroatoms. The molecule has 0 bridgehead atoms. The Morgan fingerprint density at radius 1 is 1.59 bits per heavy atom. The third kappa shape index (κ3) is 4.70. The summed E-state index contributed by atoms with van der Waals surface area (Å²) in [6, 6.07) is 3.55. The second-order valence-corrected chi connectivity index (χ2v) is 4.50. The molecule has 0 aliphatic heterocycles. The molecule has 1 aromatic carbocycles. The Labute approximate surface area is 107 Å². The SMILES string of the molecule is C[C@@H](CO)NC(=O)NCc1cc(F)ccc1Br. The standard InChI is InChI=1S/C11H14BrFN2O2/c1-7(6-16)15-11(17)14-5-8-4-9(13)2-3-10(8)12/h2-4,7,16H,5-6H2,1H3,(H2,14,15,17)/t7-/m0/s1. The summed E-state index contributed by atoms with van der Waals surface area (Å²) in [7, 11) is 0. The molecule has 0 heterocycles. The molecule has 0 spiro atoms. The Bertz CT molecular complexity index is 401. The number of hydrogen-bond acceptors (Lipinski definition) is 2. The molecule has 0 saturated heterocycles. The van der Waals surface area contributed by atoms with E-state index in [1.54, 1.807) is 13.0 Å². The molecule has 4 nitrogen and oxygen atoms in total. The summed E-state index contributed by atoms with van der Waals surface area (Å²) in [6.45, 7) is 1.76. The zero-order valence-corrected chi connectivity index (χ0v) is 10.9. The first kappa shape index (κ1) is 13.9. The molecule has 94 valence electrons. The van der Waals surface area contributed by atoms with Crippen LogP contribution in [0.3, 0.4) is 0 Å². The van der Waals surface area contributed by atoms with E-state index in [2.05, 4.69) is 26.6 Å². The molecule has 0 radical (unpaired) electrons. The second kappa shape index (κ2) is 6.56. The minimum atomic E-state index is -0.400. The molecule has 0 aromatic heterocycles. The first-order valence-electron chi connectivity index (χ1n) is 5.12. The van der Waals surface area contributed by atoms with Crippen molar-refractivity contribution in [1.29, 1.82) is 0 Å². The number of amides is 2. The average molecular weight is 305 g/mol. The van der Waals surface area contributed by atoms with E-state index in [0.29, 0.717) is 5.56 Å². The molecule has 17 heavy (non-hydrogen) atoms. The summed E-state index contributed by atoms with van der Waals surface area (Å²) in [5.41, 5.74) is 0.650. The maximum Gasteiger partial charge on any atom is 0.315 e. The molecule has 0 aliphatic carbocycles. The van der Waals surface area contributed by atoms with Crippen LogP contribution in [0, 0.1) is 5.82 Å². The van der Waals surface area contributed by atoms with Crippen molar-refractivity contribution in [3.63, 3.8) is 0 Å². The molecular weight excluding hydrogens is 291 g/mol. The zero-order valence-electron chi connectivity index (χ0n) is 9.34. The molecule has 0 saturated carbocycles. The number of benzene rings is 1. The predicted octanol–water partition coefficient (Wildman–Crippen LogP) is 1.77. The smallest absolute Gasteiger partial charge is 0.315 e. The van der Waals surface area contributed by atoms with Crippen LogP contribution in [0.1, 0.15) is 12.5 Å². The van der Waals surface area contributed by atoms with Gasteiger partial charge in [0.25, 0.3) is 0 Å². The van der Waals surface area contributed by atoms with Crippen LogP contribution in [0.5, 0.6) is 0 Å². The summed E-state index contributed by atoms with van der Waals surface area (Å²) in [5.74, 6) is -0.353. The van der Waals surface area contributed by atoms with Crippen LogP contribution >= 0.6 is 15.9 Å². The van der Waals surface area contributed by atoms with Gasteiger partial charge in [-0.25, -0.2) is 9.18 Å². The summed E-state index contributed by atoms with van der Waals surface area (Å²) in [6.07, 6.45) is 0. The summed E-state index contributed by atoms with van der Waals surface area (Å²) >= 11 is 3.27. The number of aliphatic hydroxyl groups is 1. The van der Waals surface area contributed by atoms with Crippen molar-refractivity contribution in [3.05, 3.63) is 34.1 Å². The fraction of sp³-hybridized carbons (Fsp3) is 0.364. The van der Waals surface area contributed by atoms with Crippen molar-refractivity contribution in [2.45, 2.75) is 19.5 Å². The Kier molecular flexibility index (Phi) is 5.37. The van der Waals surface area contributed by atoms with E-state index < -0.39 is 6.03 Å². The first-order chi connectivity index (χ1) is 8.02. The molecule has 0 aliphatic rings. The lowest BCUT2D eigenvalue weighted by molar-refractivity contribution is 0.220. The van der Waals surface area contributed by atoms with Crippen LogP contribution in [0.25, 0.3) is 0 Å². The summed E-state index contributed by atoms with van der Waals surface area (Å²) in [4.78, 5) is 11.3. The third-order valence-electron chi connectivity index (χ3n) is 2.10. The van der Waals surface area contributed by atoms with Crippen LogP contribution in [0.4, 0.5) is 9.18 Å². The molecule has 0 fully saturated rings. The first-order valence-corrected chi connectivity index (χ1v) is 5.91. The highest BCUT2D eigenvalue weighted by Crippen LogP contribution is 2.17. The minimum Gasteiger partial charge on any atom is -0.394 e. The highest BCUT2D eigenvalue weighted by molar-refractivity contribution is 9.10. The largest absolute Gasteiger partial charge is 0.394 e. The Hall–Kier alpha value is -1.14. The van der Waals surface area contributed by atoms with Crippen LogP contribution < -0.4 is 10.6 Å². The van der Waals surface area contributed by atoms with E-state index in [9.17, 15) is 9.18 Å². The van der Waals surface area contributed by atoms with Gasteiger partial charge < -0.3 is 15.7 Å². The molecule has 2 amide bonds. The highest BCUT2D eigenvalue weighted by Gasteiger charge is 2.07. The van der Waals surface area contributed by atoms with Gasteiger partial charge in [-0.3, -0.25) is 0 Å². The molecule has 0 unspecified atom stereocenters. The van der Waals surface area contributed by atoms with Crippen molar-refractivity contribution < 1.29 is 14.3 Å². The number of carbonyl (C=O) groups is 1. The molecule has 1 rings (SSSR count). The van der Waals surface area contributed by atoms with Crippen molar-refractivity contribution >= 4 is 22.0 Å². The molecular formula is C11H14BrFN2O2.